The van der Waals surface area contributed by atoms with Gasteiger partial charge in [-0.25, -0.2) is 0 Å². The molecule has 0 aromatic heterocycles. The van der Waals surface area contributed by atoms with E-state index in [2.05, 4.69) is 78.4 Å². The van der Waals surface area contributed by atoms with Crippen LogP contribution in [-0.4, -0.2) is 34.0 Å². The third-order valence-electron chi connectivity index (χ3n) is 5.68. The van der Waals surface area contributed by atoms with E-state index in [4.69, 9.17) is 0 Å². The van der Waals surface area contributed by atoms with Crippen LogP contribution in [0.3, 0.4) is 0 Å². The lowest BCUT2D eigenvalue weighted by molar-refractivity contribution is 0.396. The predicted molar refractivity (Wildman–Crippen MR) is 110 cm³/mol. The molecule has 0 saturated carbocycles. The van der Waals surface area contributed by atoms with Crippen LogP contribution in [0.25, 0.3) is 0 Å². The monoisotopic (exact) mass is 341 g/mol. The van der Waals surface area contributed by atoms with Crippen molar-refractivity contribution in [1.82, 2.24) is 4.57 Å². The third kappa shape index (κ3) is 5.35. The van der Waals surface area contributed by atoms with Crippen LogP contribution in [0.2, 0.25) is 35.8 Å². The zero-order valence-corrected chi connectivity index (χ0v) is 19.0. The molecule has 0 heterocycles. The molecule has 0 amide bonds. The van der Waals surface area contributed by atoms with Gasteiger partial charge in [0.15, 0.2) is 0 Å². The Bertz CT molecular complexity index is 300. The molecule has 22 heavy (non-hydrogen) atoms. The highest BCUT2D eigenvalue weighted by molar-refractivity contribution is 6.83. The summed E-state index contributed by atoms with van der Waals surface area (Å²) in [6.45, 7) is 28.9. The average Bonchev–Trinajstić information content (AvgIpc) is 2.40. The molecule has 0 N–H and O–H groups in total. The minimum absolute atomic E-state index is 0.817. The molecule has 0 bridgehead atoms. The van der Waals surface area contributed by atoms with Crippen molar-refractivity contribution in [2.45, 2.75) is 97.1 Å². The van der Waals surface area contributed by atoms with Gasteiger partial charge in [-0.2, -0.15) is 0 Å². The van der Waals surface area contributed by atoms with Crippen LogP contribution in [-0.2, 0) is 0 Å². The van der Waals surface area contributed by atoms with Crippen molar-refractivity contribution < 1.29 is 0 Å². The maximum Gasteiger partial charge on any atom is 0.136 e. The van der Waals surface area contributed by atoms with Gasteiger partial charge >= 0.3 is 0 Å². The lowest BCUT2D eigenvalue weighted by atomic mass is 10.3. The minimum atomic E-state index is -1.49. The van der Waals surface area contributed by atoms with Crippen molar-refractivity contribution in [3.63, 3.8) is 0 Å². The molecule has 132 valence electrons. The standard InChI is InChI=1S/C19H43NSi2/c1-11-13-14-20(15-16-21(9,10)12-2)22(17(3)4,18(5)6)19(7)8/h12,17-19H,2,11,13-16H2,1,3-10H3. The van der Waals surface area contributed by atoms with E-state index in [1.807, 2.05) is 0 Å². The van der Waals surface area contributed by atoms with Crippen LogP contribution in [0.1, 0.15) is 61.3 Å². The van der Waals surface area contributed by atoms with Gasteiger partial charge in [-0.3, -0.25) is 0 Å². The van der Waals surface area contributed by atoms with E-state index in [1.165, 1.54) is 32.0 Å². The lowest BCUT2D eigenvalue weighted by Crippen LogP contribution is -2.61. The number of rotatable bonds is 11. The molecule has 3 heteroatoms. The second-order valence-electron chi connectivity index (χ2n) is 8.63. The van der Waals surface area contributed by atoms with Crippen molar-refractivity contribution >= 4 is 16.3 Å². The Morgan fingerprint density at radius 3 is 1.68 bits per heavy atom. The number of hydrogen-bond donors (Lipinski definition) is 0. The summed E-state index contributed by atoms with van der Waals surface area (Å²) in [4.78, 5) is 0. The van der Waals surface area contributed by atoms with Crippen molar-refractivity contribution in [2.75, 3.05) is 13.1 Å². The summed E-state index contributed by atoms with van der Waals surface area (Å²) >= 11 is 0. The van der Waals surface area contributed by atoms with Gasteiger partial charge in [-0.05, 0) is 42.2 Å². The van der Waals surface area contributed by atoms with E-state index in [1.54, 1.807) is 0 Å². The van der Waals surface area contributed by atoms with E-state index in [0.717, 1.165) is 16.6 Å². The van der Waals surface area contributed by atoms with E-state index in [0.29, 0.717) is 0 Å². The number of nitrogens with zero attached hydrogens (tertiary/aromatic N) is 1. The lowest BCUT2D eigenvalue weighted by Gasteiger charge is -2.52. The Labute approximate surface area is 143 Å². The van der Waals surface area contributed by atoms with E-state index >= 15 is 0 Å². The number of hydrogen-bond acceptors (Lipinski definition) is 1. The van der Waals surface area contributed by atoms with E-state index in [-0.39, 0.29) is 0 Å². The molecule has 0 aliphatic rings. The zero-order chi connectivity index (χ0) is 17.6. The van der Waals surface area contributed by atoms with Crippen molar-refractivity contribution in [3.8, 4) is 0 Å². The van der Waals surface area contributed by atoms with Crippen molar-refractivity contribution in [2.24, 2.45) is 0 Å². The molecule has 0 aromatic rings. The molecule has 0 aliphatic carbocycles. The first-order chi connectivity index (χ1) is 10.1. The van der Waals surface area contributed by atoms with Crippen LogP contribution in [0.4, 0.5) is 0 Å². The molecule has 0 saturated heterocycles. The van der Waals surface area contributed by atoms with E-state index in [9.17, 15) is 0 Å². The SMILES string of the molecule is C=C[Si](C)(C)CCN(CCCC)[Si](C(C)C)(C(C)C)C(C)C. The Kier molecular flexibility index (Phi) is 9.49. The normalized spacial score (nSPS) is 13.7. The average molecular weight is 342 g/mol. The zero-order valence-electron chi connectivity index (χ0n) is 17.0. The highest BCUT2D eigenvalue weighted by atomic mass is 28.3. The molecule has 0 radical (unpaired) electrons. The molecule has 0 aliphatic heterocycles. The predicted octanol–water partition coefficient (Wildman–Crippen LogP) is 6.70. The molecule has 0 unspecified atom stereocenters. The fourth-order valence-electron chi connectivity index (χ4n) is 4.47. The fourth-order valence-corrected chi connectivity index (χ4v) is 13.0. The van der Waals surface area contributed by atoms with Gasteiger partial charge in [0.25, 0.3) is 0 Å². The Balaban J connectivity index is 5.52. The maximum atomic E-state index is 4.09. The van der Waals surface area contributed by atoms with Gasteiger partial charge in [0.05, 0.1) is 8.07 Å². The maximum absolute atomic E-state index is 4.09. The first-order valence-electron chi connectivity index (χ1n) is 9.44. The second kappa shape index (κ2) is 9.43. The van der Waals surface area contributed by atoms with Crippen molar-refractivity contribution in [1.29, 1.82) is 0 Å². The van der Waals surface area contributed by atoms with Crippen LogP contribution < -0.4 is 0 Å². The van der Waals surface area contributed by atoms with Gasteiger partial charge in [-0.15, -0.1) is 12.3 Å². The summed E-state index contributed by atoms with van der Waals surface area (Å²) in [5.41, 5.74) is 4.72. The molecule has 0 rings (SSSR count). The quantitative estimate of drug-likeness (QED) is 0.378. The second-order valence-corrected chi connectivity index (χ2v) is 19.4. The molecular formula is C19H43NSi2. The smallest absolute Gasteiger partial charge is 0.136 e. The molecule has 0 fully saturated rings. The largest absolute Gasteiger partial charge is 0.323 e. The summed E-state index contributed by atoms with van der Waals surface area (Å²) in [6.07, 6.45) is 2.65. The Morgan fingerprint density at radius 2 is 1.36 bits per heavy atom. The summed E-state index contributed by atoms with van der Waals surface area (Å²) in [5, 5.41) is 0. The first-order valence-corrected chi connectivity index (χ1v) is 14.9. The molecular weight excluding hydrogens is 298 g/mol. The van der Waals surface area contributed by atoms with Gasteiger partial charge in [0.1, 0.15) is 8.24 Å². The topological polar surface area (TPSA) is 3.24 Å². The fraction of sp³-hybridized carbons (Fsp3) is 0.895. The number of unbranched alkanes of at least 4 members (excludes halogenated alkanes) is 1. The molecule has 0 spiro atoms. The van der Waals surface area contributed by atoms with Crippen LogP contribution in [0, 0.1) is 0 Å². The molecule has 0 atom stereocenters. The molecule has 0 aromatic carbocycles. The molecule has 1 nitrogen and oxygen atoms in total. The first kappa shape index (κ1) is 22.1. The highest BCUT2D eigenvalue weighted by Crippen LogP contribution is 2.44. The summed E-state index contributed by atoms with van der Waals surface area (Å²) in [5.74, 6) is 0. The van der Waals surface area contributed by atoms with Gasteiger partial charge < -0.3 is 4.57 Å². The van der Waals surface area contributed by atoms with E-state index < -0.39 is 16.3 Å². The summed E-state index contributed by atoms with van der Waals surface area (Å²) in [6, 6.07) is 1.36. The van der Waals surface area contributed by atoms with Crippen molar-refractivity contribution in [3.05, 3.63) is 12.3 Å². The minimum Gasteiger partial charge on any atom is -0.323 e. The van der Waals surface area contributed by atoms with Gasteiger partial charge in [0.2, 0.25) is 0 Å². The van der Waals surface area contributed by atoms with Crippen LogP contribution in [0.15, 0.2) is 12.3 Å². The van der Waals surface area contributed by atoms with Gasteiger partial charge in [-0.1, -0.05) is 68.0 Å². The Morgan fingerprint density at radius 1 is 0.909 bits per heavy atom. The highest BCUT2D eigenvalue weighted by Gasteiger charge is 2.47. The summed E-state index contributed by atoms with van der Waals surface area (Å²) in [7, 11) is -2.70. The Hall–Kier alpha value is 0.134. The van der Waals surface area contributed by atoms with Crippen LogP contribution >= 0.6 is 0 Å². The third-order valence-corrected chi connectivity index (χ3v) is 15.4. The summed E-state index contributed by atoms with van der Waals surface area (Å²) < 4.78 is 2.99. The van der Waals surface area contributed by atoms with Gasteiger partial charge in [0, 0.05) is 0 Å². The van der Waals surface area contributed by atoms with Crippen LogP contribution in [0.5, 0.6) is 0 Å².